The van der Waals surface area contributed by atoms with Gasteiger partial charge >= 0.3 is 0 Å². The van der Waals surface area contributed by atoms with Gasteiger partial charge in [0.2, 0.25) is 5.91 Å². The van der Waals surface area contributed by atoms with Crippen LogP contribution in [0.3, 0.4) is 0 Å². The highest BCUT2D eigenvalue weighted by Crippen LogP contribution is 2.17. The van der Waals surface area contributed by atoms with Crippen molar-refractivity contribution in [2.45, 2.75) is 38.3 Å². The van der Waals surface area contributed by atoms with E-state index in [1.165, 1.54) is 0 Å². The molecule has 4 nitrogen and oxygen atoms in total. The molecular weight excluding hydrogens is 240 g/mol. The van der Waals surface area contributed by atoms with E-state index < -0.39 is 0 Å². The lowest BCUT2D eigenvalue weighted by molar-refractivity contribution is -0.134. The van der Waals surface area contributed by atoms with Crippen LogP contribution in [0.5, 0.6) is 0 Å². The molecule has 1 heterocycles. The maximum atomic E-state index is 12.1. The summed E-state index contributed by atoms with van der Waals surface area (Å²) in [6, 6.07) is 7.65. The Labute approximate surface area is 114 Å². The fourth-order valence-corrected chi connectivity index (χ4v) is 2.37. The minimum Gasteiger partial charge on any atom is -0.399 e. The van der Waals surface area contributed by atoms with Crippen LogP contribution in [0.15, 0.2) is 24.3 Å². The summed E-state index contributed by atoms with van der Waals surface area (Å²) in [4.78, 5) is 13.9. The molecule has 2 rings (SSSR count). The fourth-order valence-electron chi connectivity index (χ4n) is 2.37. The molecule has 19 heavy (non-hydrogen) atoms. The van der Waals surface area contributed by atoms with Crippen LogP contribution in [-0.2, 0) is 16.1 Å². The highest BCUT2D eigenvalue weighted by molar-refractivity contribution is 5.76. The number of nitrogens with two attached hydrogens (primary N) is 1. The van der Waals surface area contributed by atoms with Crippen molar-refractivity contribution in [2.75, 3.05) is 19.4 Å². The van der Waals surface area contributed by atoms with E-state index in [1.807, 2.05) is 31.3 Å². The van der Waals surface area contributed by atoms with E-state index in [0.717, 1.165) is 37.1 Å². The predicted octanol–water partition coefficient (Wildman–Crippen LogP) is 2.19. The van der Waals surface area contributed by atoms with E-state index in [0.29, 0.717) is 13.0 Å². The highest BCUT2D eigenvalue weighted by Gasteiger charge is 2.19. The molecule has 2 N–H and O–H groups in total. The number of benzene rings is 1. The standard InChI is InChI=1S/C15H22N2O2/c1-17(11-12-5-4-6-13(16)9-12)15(18)10-14-7-2-3-8-19-14/h4-6,9,14H,2-3,7-8,10-11,16H2,1H3. The summed E-state index contributed by atoms with van der Waals surface area (Å²) in [5.74, 6) is 0.134. The van der Waals surface area contributed by atoms with E-state index in [-0.39, 0.29) is 12.0 Å². The van der Waals surface area contributed by atoms with Crippen LogP contribution in [0, 0.1) is 0 Å². The van der Waals surface area contributed by atoms with Crippen molar-refractivity contribution in [1.82, 2.24) is 4.90 Å². The predicted molar refractivity (Wildman–Crippen MR) is 75.5 cm³/mol. The van der Waals surface area contributed by atoms with Crippen LogP contribution in [-0.4, -0.2) is 30.6 Å². The van der Waals surface area contributed by atoms with E-state index >= 15 is 0 Å². The highest BCUT2D eigenvalue weighted by atomic mass is 16.5. The molecule has 4 heteroatoms. The topological polar surface area (TPSA) is 55.6 Å². The summed E-state index contributed by atoms with van der Waals surface area (Å²) < 4.78 is 5.60. The molecule has 1 aromatic carbocycles. The van der Waals surface area contributed by atoms with E-state index in [9.17, 15) is 4.79 Å². The van der Waals surface area contributed by atoms with Gasteiger partial charge in [0.05, 0.1) is 12.5 Å². The number of nitrogens with zero attached hydrogens (tertiary/aromatic N) is 1. The minimum atomic E-state index is 0.101. The number of carbonyl (C=O) groups is 1. The van der Waals surface area contributed by atoms with Gasteiger partial charge in [-0.15, -0.1) is 0 Å². The molecule has 0 bridgehead atoms. The zero-order valence-electron chi connectivity index (χ0n) is 11.5. The smallest absolute Gasteiger partial charge is 0.225 e. The Balaban J connectivity index is 1.84. The van der Waals surface area contributed by atoms with Crippen LogP contribution in [0.2, 0.25) is 0 Å². The van der Waals surface area contributed by atoms with Crippen LogP contribution < -0.4 is 5.73 Å². The van der Waals surface area contributed by atoms with Gasteiger partial charge < -0.3 is 15.4 Å². The van der Waals surface area contributed by atoms with Crippen molar-refractivity contribution in [2.24, 2.45) is 0 Å². The number of rotatable bonds is 4. The lowest BCUT2D eigenvalue weighted by atomic mass is 10.1. The van der Waals surface area contributed by atoms with Crippen molar-refractivity contribution in [1.29, 1.82) is 0 Å². The quantitative estimate of drug-likeness (QED) is 0.846. The zero-order chi connectivity index (χ0) is 13.7. The average molecular weight is 262 g/mol. The summed E-state index contributed by atoms with van der Waals surface area (Å²) in [5.41, 5.74) is 7.52. The minimum absolute atomic E-state index is 0.101. The molecule has 0 aliphatic carbocycles. The van der Waals surface area contributed by atoms with Gasteiger partial charge in [-0.1, -0.05) is 12.1 Å². The molecule has 1 aromatic rings. The number of hydrogen-bond donors (Lipinski definition) is 1. The van der Waals surface area contributed by atoms with E-state index in [1.54, 1.807) is 4.90 Å². The van der Waals surface area contributed by atoms with Crippen molar-refractivity contribution in [3.8, 4) is 0 Å². The monoisotopic (exact) mass is 262 g/mol. The van der Waals surface area contributed by atoms with Crippen LogP contribution >= 0.6 is 0 Å². The first kappa shape index (κ1) is 13.9. The van der Waals surface area contributed by atoms with Crippen molar-refractivity contribution in [3.63, 3.8) is 0 Å². The van der Waals surface area contributed by atoms with Crippen molar-refractivity contribution < 1.29 is 9.53 Å². The second-order valence-electron chi connectivity index (χ2n) is 5.19. The molecule has 104 valence electrons. The third-order valence-corrected chi connectivity index (χ3v) is 3.47. The maximum Gasteiger partial charge on any atom is 0.225 e. The second-order valence-corrected chi connectivity index (χ2v) is 5.19. The van der Waals surface area contributed by atoms with Crippen LogP contribution in [0.1, 0.15) is 31.2 Å². The van der Waals surface area contributed by atoms with Crippen molar-refractivity contribution in [3.05, 3.63) is 29.8 Å². The normalized spacial score (nSPS) is 19.1. The summed E-state index contributed by atoms with van der Waals surface area (Å²) in [5, 5.41) is 0. The van der Waals surface area contributed by atoms with Gasteiger partial charge in [-0.2, -0.15) is 0 Å². The molecule has 1 fully saturated rings. The third-order valence-electron chi connectivity index (χ3n) is 3.47. The number of nitrogen functional groups attached to an aromatic ring is 1. The molecule has 0 spiro atoms. The Morgan fingerprint density at radius 3 is 3.00 bits per heavy atom. The number of carbonyl (C=O) groups excluding carboxylic acids is 1. The zero-order valence-corrected chi connectivity index (χ0v) is 11.5. The summed E-state index contributed by atoms with van der Waals surface area (Å²) >= 11 is 0. The Kier molecular flexibility index (Phi) is 4.80. The summed E-state index contributed by atoms with van der Waals surface area (Å²) in [6.07, 6.45) is 3.86. The number of ether oxygens (including phenoxy) is 1. The first-order valence-electron chi connectivity index (χ1n) is 6.85. The Hall–Kier alpha value is -1.55. The van der Waals surface area contributed by atoms with Crippen LogP contribution in [0.4, 0.5) is 5.69 Å². The fraction of sp³-hybridized carbons (Fsp3) is 0.533. The molecule has 1 amide bonds. The van der Waals surface area contributed by atoms with Gasteiger partial charge in [-0.25, -0.2) is 0 Å². The SMILES string of the molecule is CN(Cc1cccc(N)c1)C(=O)CC1CCCCO1. The molecular formula is C15H22N2O2. The molecule has 0 aromatic heterocycles. The van der Waals surface area contributed by atoms with Gasteiger partial charge in [0.1, 0.15) is 0 Å². The van der Waals surface area contributed by atoms with Crippen LogP contribution in [0.25, 0.3) is 0 Å². The van der Waals surface area contributed by atoms with Gasteiger partial charge in [0, 0.05) is 25.9 Å². The molecule has 1 unspecified atom stereocenters. The largest absolute Gasteiger partial charge is 0.399 e. The average Bonchev–Trinajstić information content (AvgIpc) is 2.40. The summed E-state index contributed by atoms with van der Waals surface area (Å²) in [7, 11) is 1.83. The van der Waals surface area contributed by atoms with E-state index in [4.69, 9.17) is 10.5 Å². The van der Waals surface area contributed by atoms with E-state index in [2.05, 4.69) is 0 Å². The second kappa shape index (κ2) is 6.57. The first-order valence-corrected chi connectivity index (χ1v) is 6.85. The number of hydrogen-bond acceptors (Lipinski definition) is 3. The van der Waals surface area contributed by atoms with Gasteiger partial charge in [-0.3, -0.25) is 4.79 Å². The molecule has 0 saturated carbocycles. The molecule has 1 aliphatic heterocycles. The number of anilines is 1. The number of amides is 1. The van der Waals surface area contributed by atoms with Gasteiger partial charge in [-0.05, 0) is 37.0 Å². The summed E-state index contributed by atoms with van der Waals surface area (Å²) in [6.45, 7) is 1.38. The van der Waals surface area contributed by atoms with Gasteiger partial charge in [0.25, 0.3) is 0 Å². The maximum absolute atomic E-state index is 12.1. The lowest BCUT2D eigenvalue weighted by Gasteiger charge is -2.25. The molecule has 0 radical (unpaired) electrons. The molecule has 1 aliphatic rings. The molecule has 1 saturated heterocycles. The van der Waals surface area contributed by atoms with Crippen molar-refractivity contribution >= 4 is 11.6 Å². The Bertz CT molecular complexity index is 428. The lowest BCUT2D eigenvalue weighted by Crippen LogP contribution is -2.31. The first-order chi connectivity index (χ1) is 9.15. The third kappa shape index (κ3) is 4.24. The molecule has 1 atom stereocenters. The van der Waals surface area contributed by atoms with Gasteiger partial charge in [0.15, 0.2) is 0 Å². The Morgan fingerprint density at radius 1 is 1.47 bits per heavy atom. The Morgan fingerprint density at radius 2 is 2.32 bits per heavy atom.